The minimum Gasteiger partial charge on any atom is -0.425 e. The Kier molecular flexibility index (Phi) is 6.39. The maximum Gasteiger partial charge on any atom is 0.516 e. The lowest BCUT2D eigenvalue weighted by Crippen LogP contribution is -2.32. The summed E-state index contributed by atoms with van der Waals surface area (Å²) < 4.78 is 15.1. The molecule has 0 aromatic heterocycles. The largest absolute Gasteiger partial charge is 0.516 e. The molecule has 118 valence electrons. The zero-order valence-corrected chi connectivity index (χ0v) is 13.0. The van der Waals surface area contributed by atoms with Crippen LogP contribution in [0, 0.1) is 23.2 Å². The molecule has 0 aliphatic heterocycles. The lowest BCUT2D eigenvalue weighted by Gasteiger charge is -2.21. The Morgan fingerprint density at radius 2 is 1.64 bits per heavy atom. The van der Waals surface area contributed by atoms with Gasteiger partial charge in [0.1, 0.15) is 5.75 Å². The summed E-state index contributed by atoms with van der Waals surface area (Å²) in [6, 6.07) is 7.94. The van der Waals surface area contributed by atoms with Crippen molar-refractivity contribution in [3.63, 3.8) is 0 Å². The number of rotatable bonds is 5. The van der Waals surface area contributed by atoms with Gasteiger partial charge in [-0.05, 0) is 24.3 Å². The molecule has 1 atom stereocenters. The lowest BCUT2D eigenvalue weighted by molar-refractivity contribution is -0.180. The fraction of sp³-hybridized carbons (Fsp3) is 0.438. The summed E-state index contributed by atoms with van der Waals surface area (Å²) in [7, 11) is 0. The highest BCUT2D eigenvalue weighted by Crippen LogP contribution is 2.16. The number of esters is 1. The van der Waals surface area contributed by atoms with Gasteiger partial charge >= 0.3 is 12.1 Å². The van der Waals surface area contributed by atoms with Gasteiger partial charge in [-0.2, -0.15) is 5.26 Å². The van der Waals surface area contributed by atoms with E-state index < -0.39 is 18.4 Å². The van der Waals surface area contributed by atoms with E-state index in [1.165, 1.54) is 24.3 Å². The van der Waals surface area contributed by atoms with E-state index in [2.05, 4.69) is 0 Å². The normalized spacial score (nSPS) is 11.7. The van der Waals surface area contributed by atoms with E-state index in [1.54, 1.807) is 27.7 Å². The average molecular weight is 305 g/mol. The molecule has 6 nitrogen and oxygen atoms in total. The molecule has 0 unspecified atom stereocenters. The number of carbonyl (C=O) groups is 2. The van der Waals surface area contributed by atoms with Gasteiger partial charge in [-0.25, -0.2) is 4.79 Å². The van der Waals surface area contributed by atoms with Gasteiger partial charge in [0.25, 0.3) is 6.29 Å². The standard InChI is InChI=1S/C16H19NO5/c1-10(2)14(18)21-15(11(3)4)22-16(19)20-13-7-5-12(9-17)6-8-13/h5-8,10-11,15H,1-4H3/t15-/m0/s1. The summed E-state index contributed by atoms with van der Waals surface area (Å²) >= 11 is 0. The van der Waals surface area contributed by atoms with Gasteiger partial charge in [-0.1, -0.05) is 27.7 Å². The van der Waals surface area contributed by atoms with E-state index in [0.29, 0.717) is 5.56 Å². The van der Waals surface area contributed by atoms with Crippen LogP contribution in [0.2, 0.25) is 0 Å². The zero-order valence-electron chi connectivity index (χ0n) is 13.0. The fourth-order valence-corrected chi connectivity index (χ4v) is 1.36. The highest BCUT2D eigenvalue weighted by molar-refractivity contribution is 5.72. The Morgan fingerprint density at radius 1 is 1.05 bits per heavy atom. The van der Waals surface area contributed by atoms with Crippen molar-refractivity contribution >= 4 is 12.1 Å². The molecule has 22 heavy (non-hydrogen) atoms. The van der Waals surface area contributed by atoms with Gasteiger partial charge in [0.2, 0.25) is 0 Å². The minimum atomic E-state index is -1.01. The van der Waals surface area contributed by atoms with Crippen LogP contribution in [0.4, 0.5) is 4.79 Å². The smallest absolute Gasteiger partial charge is 0.425 e. The van der Waals surface area contributed by atoms with Crippen LogP contribution in [0.1, 0.15) is 33.3 Å². The predicted octanol–water partition coefficient (Wildman–Crippen LogP) is 3.25. The van der Waals surface area contributed by atoms with Gasteiger partial charge in [0.15, 0.2) is 0 Å². The van der Waals surface area contributed by atoms with E-state index >= 15 is 0 Å². The van der Waals surface area contributed by atoms with Crippen molar-refractivity contribution in [2.75, 3.05) is 0 Å². The number of ether oxygens (including phenoxy) is 3. The molecule has 0 saturated heterocycles. The third kappa shape index (κ3) is 5.44. The second kappa shape index (κ2) is 8.03. The van der Waals surface area contributed by atoms with Crippen LogP contribution in [0.3, 0.4) is 0 Å². The van der Waals surface area contributed by atoms with Crippen LogP contribution in [0.15, 0.2) is 24.3 Å². The van der Waals surface area contributed by atoms with Gasteiger partial charge in [-0.3, -0.25) is 4.79 Å². The van der Waals surface area contributed by atoms with Crippen molar-refractivity contribution in [3.8, 4) is 11.8 Å². The second-order valence-electron chi connectivity index (χ2n) is 5.31. The predicted molar refractivity (Wildman–Crippen MR) is 77.8 cm³/mol. The Morgan fingerprint density at radius 3 is 2.09 bits per heavy atom. The Labute approximate surface area is 129 Å². The molecule has 1 rings (SSSR count). The summed E-state index contributed by atoms with van der Waals surface area (Å²) in [4.78, 5) is 23.3. The molecule has 1 aromatic carbocycles. The molecule has 0 saturated carbocycles. The maximum absolute atomic E-state index is 11.7. The topological polar surface area (TPSA) is 85.6 Å². The molecular weight excluding hydrogens is 286 g/mol. The molecule has 0 N–H and O–H groups in total. The number of hydrogen-bond donors (Lipinski definition) is 0. The quantitative estimate of drug-likeness (QED) is 0.471. The van der Waals surface area contributed by atoms with E-state index in [9.17, 15) is 9.59 Å². The summed E-state index contributed by atoms with van der Waals surface area (Å²) in [5, 5.41) is 8.69. The third-order valence-corrected chi connectivity index (χ3v) is 2.65. The molecular formula is C16H19NO5. The lowest BCUT2D eigenvalue weighted by atomic mass is 10.2. The molecule has 0 amide bonds. The maximum atomic E-state index is 11.7. The Bertz CT molecular complexity index is 557. The number of carbonyl (C=O) groups excluding carboxylic acids is 2. The number of benzene rings is 1. The van der Waals surface area contributed by atoms with Gasteiger partial charge in [0.05, 0.1) is 17.6 Å². The second-order valence-corrected chi connectivity index (χ2v) is 5.31. The molecule has 0 bridgehead atoms. The van der Waals surface area contributed by atoms with Crippen molar-refractivity contribution < 1.29 is 23.8 Å². The number of hydrogen-bond acceptors (Lipinski definition) is 6. The zero-order chi connectivity index (χ0) is 16.7. The van der Waals surface area contributed by atoms with Crippen molar-refractivity contribution in [2.45, 2.75) is 34.0 Å². The van der Waals surface area contributed by atoms with Crippen LogP contribution in [-0.2, 0) is 14.3 Å². The van der Waals surface area contributed by atoms with E-state index in [0.717, 1.165) is 0 Å². The van der Waals surface area contributed by atoms with Crippen molar-refractivity contribution in [1.82, 2.24) is 0 Å². The van der Waals surface area contributed by atoms with Crippen molar-refractivity contribution in [3.05, 3.63) is 29.8 Å². The molecule has 0 aliphatic rings. The number of nitrogens with zero attached hydrogens (tertiary/aromatic N) is 1. The molecule has 1 aromatic rings. The van der Waals surface area contributed by atoms with Crippen LogP contribution in [-0.4, -0.2) is 18.4 Å². The summed E-state index contributed by atoms with van der Waals surface area (Å²) in [6.07, 6.45) is -1.99. The molecule has 0 fully saturated rings. The highest BCUT2D eigenvalue weighted by atomic mass is 16.8. The first-order chi connectivity index (χ1) is 10.3. The molecule has 0 heterocycles. The van der Waals surface area contributed by atoms with Gasteiger partial charge in [0, 0.05) is 5.92 Å². The fourth-order valence-electron chi connectivity index (χ4n) is 1.36. The number of nitriles is 1. The molecule has 6 heteroatoms. The first-order valence-electron chi connectivity index (χ1n) is 6.92. The van der Waals surface area contributed by atoms with Crippen LogP contribution >= 0.6 is 0 Å². The van der Waals surface area contributed by atoms with Crippen LogP contribution in [0.25, 0.3) is 0 Å². The van der Waals surface area contributed by atoms with Gasteiger partial charge in [-0.15, -0.1) is 0 Å². The minimum absolute atomic E-state index is 0.212. The van der Waals surface area contributed by atoms with Crippen molar-refractivity contribution in [1.29, 1.82) is 5.26 Å². The highest BCUT2D eigenvalue weighted by Gasteiger charge is 2.25. The van der Waals surface area contributed by atoms with E-state index in [1.807, 2.05) is 6.07 Å². The molecule has 0 aliphatic carbocycles. The average Bonchev–Trinajstić information content (AvgIpc) is 2.46. The molecule has 0 spiro atoms. The Balaban J connectivity index is 2.63. The monoisotopic (exact) mass is 305 g/mol. The van der Waals surface area contributed by atoms with Crippen LogP contribution in [0.5, 0.6) is 5.75 Å². The summed E-state index contributed by atoms with van der Waals surface area (Å²) in [5.74, 6) is -0.748. The first kappa shape index (κ1) is 17.5. The van der Waals surface area contributed by atoms with Gasteiger partial charge < -0.3 is 14.2 Å². The summed E-state index contributed by atoms with van der Waals surface area (Å²) in [6.45, 7) is 6.89. The van der Waals surface area contributed by atoms with Crippen LogP contribution < -0.4 is 4.74 Å². The van der Waals surface area contributed by atoms with E-state index in [-0.39, 0.29) is 17.6 Å². The Hall–Kier alpha value is -2.55. The molecule has 0 radical (unpaired) electrons. The van der Waals surface area contributed by atoms with E-state index in [4.69, 9.17) is 19.5 Å². The summed E-state index contributed by atoms with van der Waals surface area (Å²) in [5.41, 5.74) is 0.451. The van der Waals surface area contributed by atoms with Crippen molar-refractivity contribution in [2.24, 2.45) is 11.8 Å². The SMILES string of the molecule is CC(C)C(=O)O[C@@H](OC(=O)Oc1ccc(C#N)cc1)C(C)C. The first-order valence-corrected chi connectivity index (χ1v) is 6.92. The third-order valence-electron chi connectivity index (χ3n) is 2.65.